The maximum Gasteiger partial charge on any atom is 0.156 e. The maximum absolute atomic E-state index is 4.64. The van der Waals surface area contributed by atoms with Crippen molar-refractivity contribution in [1.82, 2.24) is 14.9 Å². The van der Waals surface area contributed by atoms with Crippen LogP contribution in [0.3, 0.4) is 0 Å². The van der Waals surface area contributed by atoms with Crippen LogP contribution in [0.15, 0.2) is 23.7 Å². The second-order valence-electron chi connectivity index (χ2n) is 5.69. The van der Waals surface area contributed by atoms with Crippen LogP contribution in [0.2, 0.25) is 0 Å². The summed E-state index contributed by atoms with van der Waals surface area (Å²) in [4.78, 5) is 8.67. The summed E-state index contributed by atoms with van der Waals surface area (Å²) in [5.74, 6) is 1.17. The predicted molar refractivity (Wildman–Crippen MR) is 78.0 cm³/mol. The van der Waals surface area contributed by atoms with Crippen LogP contribution in [0, 0.1) is 5.41 Å². The van der Waals surface area contributed by atoms with E-state index in [0.29, 0.717) is 11.5 Å². The lowest BCUT2D eigenvalue weighted by Gasteiger charge is -2.35. The van der Waals surface area contributed by atoms with Gasteiger partial charge in [-0.05, 0) is 11.8 Å². The van der Waals surface area contributed by atoms with E-state index in [1.165, 1.54) is 12.2 Å². The van der Waals surface area contributed by atoms with Crippen LogP contribution in [0.5, 0.6) is 0 Å². The van der Waals surface area contributed by atoms with Gasteiger partial charge in [-0.3, -0.25) is 4.99 Å². The number of nitrogens with zero attached hydrogens (tertiary/aromatic N) is 3. The lowest BCUT2D eigenvalue weighted by molar-refractivity contribution is 0.290. The van der Waals surface area contributed by atoms with E-state index in [-0.39, 0.29) is 0 Å². The highest BCUT2D eigenvalue weighted by atomic mass is 32.2. The van der Waals surface area contributed by atoms with E-state index in [9.17, 15) is 0 Å². The number of nitrogens with one attached hydrogen (secondary N) is 1. The number of aliphatic imine (C=N–C) groups is 1. The Morgan fingerprint density at radius 1 is 1.56 bits per heavy atom. The first kappa shape index (κ1) is 13.5. The summed E-state index contributed by atoms with van der Waals surface area (Å²) in [6.45, 7) is 8.55. The van der Waals surface area contributed by atoms with Crippen molar-refractivity contribution in [3.05, 3.63) is 18.7 Å². The van der Waals surface area contributed by atoms with Gasteiger partial charge in [0.2, 0.25) is 0 Å². The number of hydrogen-bond acceptors (Lipinski definition) is 3. The number of imidazole rings is 1. The van der Waals surface area contributed by atoms with Gasteiger partial charge in [-0.15, -0.1) is 0 Å². The van der Waals surface area contributed by atoms with Gasteiger partial charge < -0.3 is 9.88 Å². The molecule has 0 aliphatic carbocycles. The third-order valence-corrected chi connectivity index (χ3v) is 4.12. The highest BCUT2D eigenvalue weighted by Crippen LogP contribution is 2.27. The van der Waals surface area contributed by atoms with Gasteiger partial charge in [-0.2, -0.15) is 0 Å². The highest BCUT2D eigenvalue weighted by Gasteiger charge is 2.28. The number of amidine groups is 1. The lowest BCUT2D eigenvalue weighted by Crippen LogP contribution is -2.46. The summed E-state index contributed by atoms with van der Waals surface area (Å²) in [5, 5.41) is 4.66. The molecule has 4 nitrogen and oxygen atoms in total. The molecule has 1 aromatic rings. The number of hydrogen-bond donors (Lipinski definition) is 1. The van der Waals surface area contributed by atoms with Crippen molar-refractivity contribution in [3.63, 3.8) is 0 Å². The van der Waals surface area contributed by atoms with E-state index in [4.69, 9.17) is 0 Å². The first-order valence-corrected chi connectivity index (χ1v) is 7.44. The smallest absolute Gasteiger partial charge is 0.156 e. The van der Waals surface area contributed by atoms with Crippen LogP contribution in [0.1, 0.15) is 27.2 Å². The zero-order valence-corrected chi connectivity index (χ0v) is 12.2. The summed E-state index contributed by atoms with van der Waals surface area (Å²) in [7, 11) is 0. The van der Waals surface area contributed by atoms with Gasteiger partial charge in [-0.25, -0.2) is 4.98 Å². The van der Waals surface area contributed by atoms with Crippen molar-refractivity contribution in [3.8, 4) is 0 Å². The van der Waals surface area contributed by atoms with Crippen molar-refractivity contribution < 1.29 is 0 Å². The molecule has 0 amide bonds. The molecule has 2 rings (SSSR count). The maximum atomic E-state index is 4.64. The molecule has 0 aromatic carbocycles. The van der Waals surface area contributed by atoms with Crippen LogP contribution >= 0.6 is 11.8 Å². The van der Waals surface area contributed by atoms with Crippen LogP contribution in [-0.2, 0) is 6.54 Å². The third kappa shape index (κ3) is 3.77. The molecule has 0 radical (unpaired) electrons. The quantitative estimate of drug-likeness (QED) is 0.913. The van der Waals surface area contributed by atoms with Gasteiger partial charge in [0.1, 0.15) is 0 Å². The molecule has 1 aromatic heterocycles. The van der Waals surface area contributed by atoms with Crippen LogP contribution in [-0.4, -0.2) is 33.1 Å². The van der Waals surface area contributed by atoms with Gasteiger partial charge in [0.25, 0.3) is 0 Å². The van der Waals surface area contributed by atoms with Gasteiger partial charge in [0, 0.05) is 30.7 Å². The van der Waals surface area contributed by atoms with Crippen molar-refractivity contribution >= 4 is 16.9 Å². The van der Waals surface area contributed by atoms with E-state index in [1.54, 1.807) is 6.20 Å². The largest absolute Gasteiger partial charge is 0.362 e. The zero-order valence-electron chi connectivity index (χ0n) is 11.4. The Balaban J connectivity index is 1.85. The first-order valence-electron chi connectivity index (χ1n) is 6.45. The van der Waals surface area contributed by atoms with Crippen LogP contribution in [0.4, 0.5) is 0 Å². The van der Waals surface area contributed by atoms with Crippen molar-refractivity contribution in [2.24, 2.45) is 10.4 Å². The number of rotatable bonds is 3. The minimum absolute atomic E-state index is 0.298. The van der Waals surface area contributed by atoms with E-state index in [2.05, 4.69) is 40.6 Å². The summed E-state index contributed by atoms with van der Waals surface area (Å²) >= 11 is 1.83. The predicted octanol–water partition coefficient (Wildman–Crippen LogP) is 2.38. The van der Waals surface area contributed by atoms with Crippen molar-refractivity contribution in [2.75, 3.05) is 12.3 Å². The summed E-state index contributed by atoms with van der Waals surface area (Å²) in [6.07, 6.45) is 6.82. The number of aromatic nitrogens is 2. The molecule has 0 saturated carbocycles. The van der Waals surface area contributed by atoms with Crippen LogP contribution < -0.4 is 5.32 Å². The summed E-state index contributed by atoms with van der Waals surface area (Å²) < 4.78 is 2.05. The van der Waals surface area contributed by atoms with Gasteiger partial charge in [-0.1, -0.05) is 32.5 Å². The van der Waals surface area contributed by atoms with E-state index >= 15 is 0 Å². The average molecular weight is 266 g/mol. The molecule has 1 atom stereocenters. The topological polar surface area (TPSA) is 42.2 Å². The highest BCUT2D eigenvalue weighted by molar-refractivity contribution is 8.13. The average Bonchev–Trinajstić information content (AvgIpc) is 2.81. The molecule has 1 aliphatic rings. The Labute approximate surface area is 113 Å². The fourth-order valence-electron chi connectivity index (χ4n) is 1.96. The first-order chi connectivity index (χ1) is 8.55. The van der Waals surface area contributed by atoms with Crippen LogP contribution in [0.25, 0.3) is 0 Å². The molecule has 100 valence electrons. The third-order valence-electron chi connectivity index (χ3n) is 3.16. The minimum atomic E-state index is 0.298. The Kier molecular flexibility index (Phi) is 4.32. The standard InChI is InChI=1S/C13H22N4S/c1-13(2,3)11-4-9-18-12(16-11)15-6-8-17-7-5-14-10-17/h5,7,10-11H,4,6,8-9H2,1-3H3,(H,15,16). The Morgan fingerprint density at radius 3 is 3.06 bits per heavy atom. The molecule has 1 saturated heterocycles. The molecule has 2 heterocycles. The van der Waals surface area contributed by atoms with Crippen molar-refractivity contribution in [2.45, 2.75) is 39.8 Å². The zero-order chi connectivity index (χ0) is 13.0. The molecule has 1 aliphatic heterocycles. The second-order valence-corrected chi connectivity index (χ2v) is 6.77. The van der Waals surface area contributed by atoms with Gasteiger partial charge >= 0.3 is 0 Å². The van der Waals surface area contributed by atoms with Gasteiger partial charge in [0.15, 0.2) is 5.17 Å². The monoisotopic (exact) mass is 266 g/mol. The fourth-order valence-corrected chi connectivity index (χ4v) is 2.92. The van der Waals surface area contributed by atoms with E-state index in [0.717, 1.165) is 18.3 Å². The normalized spacial score (nSPS) is 23.1. The summed E-state index contributed by atoms with van der Waals surface area (Å²) in [6, 6.07) is 0.533. The fraction of sp³-hybridized carbons (Fsp3) is 0.692. The second kappa shape index (κ2) is 5.78. The van der Waals surface area contributed by atoms with E-state index < -0.39 is 0 Å². The Bertz CT molecular complexity index is 392. The molecule has 0 spiro atoms. The Hall–Kier alpha value is -0.970. The molecule has 1 unspecified atom stereocenters. The summed E-state index contributed by atoms with van der Waals surface area (Å²) in [5.41, 5.74) is 0.298. The number of thioether (sulfide) groups is 1. The van der Waals surface area contributed by atoms with Crippen molar-refractivity contribution in [1.29, 1.82) is 0 Å². The minimum Gasteiger partial charge on any atom is -0.362 e. The molecular formula is C13H22N4S. The molecular weight excluding hydrogens is 244 g/mol. The van der Waals surface area contributed by atoms with Gasteiger partial charge in [0.05, 0.1) is 12.9 Å². The molecule has 0 bridgehead atoms. The Morgan fingerprint density at radius 2 is 2.39 bits per heavy atom. The molecule has 5 heteroatoms. The molecule has 1 fully saturated rings. The van der Waals surface area contributed by atoms with E-state index in [1.807, 2.05) is 24.3 Å². The lowest BCUT2D eigenvalue weighted by atomic mass is 9.85. The SMILES string of the molecule is CC(C)(C)C1CCSC(=NCCn2ccnc2)N1. The molecule has 1 N–H and O–H groups in total. The molecule has 18 heavy (non-hydrogen) atoms.